The lowest BCUT2D eigenvalue weighted by atomic mass is 10.0. The molecule has 1 N–H and O–H groups in total. The number of piperidine rings is 1. The van der Waals surface area contributed by atoms with Crippen LogP contribution >= 0.6 is 0 Å². The van der Waals surface area contributed by atoms with E-state index in [0.717, 1.165) is 31.5 Å². The number of nitrogens with one attached hydrogen (secondary N) is 1. The highest BCUT2D eigenvalue weighted by Gasteiger charge is 2.21. The van der Waals surface area contributed by atoms with E-state index in [2.05, 4.69) is 10.3 Å². The van der Waals surface area contributed by atoms with Crippen LogP contribution in [0.1, 0.15) is 41.6 Å². The zero-order valence-corrected chi connectivity index (χ0v) is 10.8. The van der Waals surface area contributed by atoms with Gasteiger partial charge < -0.3 is 10.2 Å². The van der Waals surface area contributed by atoms with Gasteiger partial charge in [-0.2, -0.15) is 0 Å². The number of fused-ring (bicyclic) bond motifs is 1. The van der Waals surface area contributed by atoms with E-state index in [9.17, 15) is 9.59 Å². The van der Waals surface area contributed by atoms with Crippen LogP contribution < -0.4 is 5.32 Å². The Labute approximate surface area is 112 Å². The maximum Gasteiger partial charge on any atom is 0.255 e. The zero-order valence-electron chi connectivity index (χ0n) is 10.8. The van der Waals surface area contributed by atoms with E-state index in [1.54, 1.807) is 6.20 Å². The molecule has 2 aliphatic rings. The van der Waals surface area contributed by atoms with Crippen LogP contribution in [0.3, 0.4) is 0 Å². The Hall–Kier alpha value is -1.91. The van der Waals surface area contributed by atoms with Crippen LogP contribution in [0.15, 0.2) is 12.3 Å². The predicted molar refractivity (Wildman–Crippen MR) is 70.9 cm³/mol. The number of amides is 2. The summed E-state index contributed by atoms with van der Waals surface area (Å²) in [5, 5.41) is 2.73. The fourth-order valence-corrected chi connectivity index (χ4v) is 2.65. The van der Waals surface area contributed by atoms with Gasteiger partial charge in [0.2, 0.25) is 5.91 Å². The summed E-state index contributed by atoms with van der Waals surface area (Å²) in [7, 11) is 0. The van der Waals surface area contributed by atoms with E-state index in [0.29, 0.717) is 24.2 Å². The summed E-state index contributed by atoms with van der Waals surface area (Å²) in [6.07, 6.45) is 6.07. The average molecular weight is 259 g/mol. The molecule has 1 saturated heterocycles. The highest BCUT2D eigenvalue weighted by atomic mass is 16.2. The van der Waals surface area contributed by atoms with Crippen molar-refractivity contribution in [1.29, 1.82) is 0 Å². The van der Waals surface area contributed by atoms with Crippen molar-refractivity contribution in [2.75, 3.05) is 18.4 Å². The Bertz CT molecular complexity index is 521. The molecule has 3 heterocycles. The number of hydrogen-bond donors (Lipinski definition) is 1. The minimum Gasteiger partial charge on any atom is -0.339 e. The van der Waals surface area contributed by atoms with Gasteiger partial charge in [-0.05, 0) is 37.3 Å². The van der Waals surface area contributed by atoms with Gasteiger partial charge in [0, 0.05) is 25.7 Å². The molecule has 0 spiro atoms. The van der Waals surface area contributed by atoms with Crippen LogP contribution in [0.5, 0.6) is 0 Å². The summed E-state index contributed by atoms with van der Waals surface area (Å²) in [6.45, 7) is 1.68. The lowest BCUT2D eigenvalue weighted by Crippen LogP contribution is -2.35. The molecule has 0 radical (unpaired) electrons. The third-order valence-corrected chi connectivity index (χ3v) is 3.74. The number of carbonyl (C=O) groups excluding carboxylic acids is 2. The van der Waals surface area contributed by atoms with Crippen molar-refractivity contribution in [3.8, 4) is 0 Å². The molecule has 0 aromatic carbocycles. The number of anilines is 1. The quantitative estimate of drug-likeness (QED) is 0.833. The number of hydrogen-bond acceptors (Lipinski definition) is 3. The summed E-state index contributed by atoms with van der Waals surface area (Å²) in [5.74, 6) is 0.661. The van der Waals surface area contributed by atoms with Gasteiger partial charge in [0.15, 0.2) is 0 Å². The fraction of sp³-hybridized carbons (Fsp3) is 0.500. The first-order valence-corrected chi connectivity index (χ1v) is 6.82. The molecule has 0 saturated carbocycles. The molecule has 3 rings (SSSR count). The standard InChI is InChI=1S/C14H17N3O2/c18-12-5-4-10-8-11(9-15-13(10)16-12)14(19)17-6-2-1-3-7-17/h8-9H,1-7H2,(H,15,16,18). The van der Waals surface area contributed by atoms with Crippen molar-refractivity contribution < 1.29 is 9.59 Å². The van der Waals surface area contributed by atoms with E-state index in [4.69, 9.17) is 0 Å². The number of likely N-dealkylation sites (tertiary alicyclic amines) is 1. The van der Waals surface area contributed by atoms with Crippen LogP contribution in [0.4, 0.5) is 5.82 Å². The normalized spacial score (nSPS) is 18.7. The van der Waals surface area contributed by atoms with E-state index in [1.807, 2.05) is 11.0 Å². The third kappa shape index (κ3) is 2.45. The van der Waals surface area contributed by atoms with Gasteiger partial charge in [-0.15, -0.1) is 0 Å². The maximum atomic E-state index is 12.3. The van der Waals surface area contributed by atoms with Crippen LogP contribution in [0.25, 0.3) is 0 Å². The molecule has 19 heavy (non-hydrogen) atoms. The van der Waals surface area contributed by atoms with Gasteiger partial charge in [0.25, 0.3) is 5.91 Å². The lowest BCUT2D eigenvalue weighted by Gasteiger charge is -2.27. The fourth-order valence-electron chi connectivity index (χ4n) is 2.65. The van der Waals surface area contributed by atoms with Crippen molar-refractivity contribution in [3.05, 3.63) is 23.4 Å². The molecule has 0 unspecified atom stereocenters. The largest absolute Gasteiger partial charge is 0.339 e. The Morgan fingerprint density at radius 2 is 2.00 bits per heavy atom. The Morgan fingerprint density at radius 1 is 1.21 bits per heavy atom. The SMILES string of the molecule is O=C1CCc2cc(C(=O)N3CCCCC3)cnc2N1. The monoisotopic (exact) mass is 259 g/mol. The van der Waals surface area contributed by atoms with Crippen molar-refractivity contribution in [2.45, 2.75) is 32.1 Å². The van der Waals surface area contributed by atoms with Gasteiger partial charge in [-0.3, -0.25) is 9.59 Å². The zero-order chi connectivity index (χ0) is 13.2. The molecule has 100 valence electrons. The second-order valence-corrected chi connectivity index (χ2v) is 5.13. The van der Waals surface area contributed by atoms with Crippen molar-refractivity contribution in [2.24, 2.45) is 0 Å². The molecule has 1 aromatic rings. The highest BCUT2D eigenvalue weighted by molar-refractivity contribution is 5.96. The van der Waals surface area contributed by atoms with E-state index in [1.165, 1.54) is 6.42 Å². The van der Waals surface area contributed by atoms with Gasteiger partial charge in [-0.25, -0.2) is 4.98 Å². The van der Waals surface area contributed by atoms with E-state index < -0.39 is 0 Å². The molecule has 0 bridgehead atoms. The van der Waals surface area contributed by atoms with Crippen molar-refractivity contribution in [3.63, 3.8) is 0 Å². The van der Waals surface area contributed by atoms with Gasteiger partial charge in [-0.1, -0.05) is 0 Å². The van der Waals surface area contributed by atoms with E-state index in [-0.39, 0.29) is 11.8 Å². The van der Waals surface area contributed by atoms with Crippen molar-refractivity contribution in [1.82, 2.24) is 9.88 Å². The molecule has 0 aliphatic carbocycles. The lowest BCUT2D eigenvalue weighted by molar-refractivity contribution is -0.116. The number of rotatable bonds is 1. The first-order valence-electron chi connectivity index (χ1n) is 6.82. The first-order chi connectivity index (χ1) is 9.24. The Morgan fingerprint density at radius 3 is 2.79 bits per heavy atom. The topological polar surface area (TPSA) is 62.3 Å². The number of aryl methyl sites for hydroxylation is 1. The van der Waals surface area contributed by atoms with Gasteiger partial charge >= 0.3 is 0 Å². The molecular weight excluding hydrogens is 242 g/mol. The van der Waals surface area contributed by atoms with Gasteiger partial charge in [0.05, 0.1) is 5.56 Å². The van der Waals surface area contributed by atoms with Crippen LogP contribution in [-0.4, -0.2) is 34.8 Å². The smallest absolute Gasteiger partial charge is 0.255 e. The van der Waals surface area contributed by atoms with Crippen LogP contribution in [0, 0.1) is 0 Å². The average Bonchev–Trinajstić information content (AvgIpc) is 2.47. The number of nitrogens with zero attached hydrogens (tertiary/aromatic N) is 2. The number of aromatic nitrogens is 1. The molecule has 0 atom stereocenters. The predicted octanol–water partition coefficient (Wildman–Crippen LogP) is 1.59. The summed E-state index contributed by atoms with van der Waals surface area (Å²) in [6, 6.07) is 1.87. The van der Waals surface area contributed by atoms with Gasteiger partial charge in [0.1, 0.15) is 5.82 Å². The Balaban J connectivity index is 1.81. The summed E-state index contributed by atoms with van der Waals surface area (Å²) in [4.78, 5) is 29.7. The molecule has 1 aromatic heterocycles. The molecule has 2 aliphatic heterocycles. The summed E-state index contributed by atoms with van der Waals surface area (Å²) < 4.78 is 0. The number of carbonyl (C=O) groups is 2. The van der Waals surface area contributed by atoms with Crippen LogP contribution in [0.2, 0.25) is 0 Å². The van der Waals surface area contributed by atoms with Crippen molar-refractivity contribution >= 4 is 17.6 Å². The second-order valence-electron chi connectivity index (χ2n) is 5.13. The minimum absolute atomic E-state index is 0.00453. The maximum absolute atomic E-state index is 12.3. The second kappa shape index (κ2) is 4.99. The number of pyridine rings is 1. The molecule has 2 amide bonds. The molecular formula is C14H17N3O2. The first kappa shape index (κ1) is 12.1. The Kier molecular flexibility index (Phi) is 3.19. The molecule has 1 fully saturated rings. The summed E-state index contributed by atoms with van der Waals surface area (Å²) >= 11 is 0. The van der Waals surface area contributed by atoms with Crippen LogP contribution in [-0.2, 0) is 11.2 Å². The minimum atomic E-state index is -0.00453. The summed E-state index contributed by atoms with van der Waals surface area (Å²) in [5.41, 5.74) is 1.60. The highest BCUT2D eigenvalue weighted by Crippen LogP contribution is 2.22. The van der Waals surface area contributed by atoms with E-state index >= 15 is 0 Å². The third-order valence-electron chi connectivity index (χ3n) is 3.74. The molecule has 5 heteroatoms. The molecule has 5 nitrogen and oxygen atoms in total.